The molecule has 4 rings (SSSR count). The molecule has 0 bridgehead atoms. The predicted octanol–water partition coefficient (Wildman–Crippen LogP) is 2.34. The smallest absolute Gasteiger partial charge is 0.233 e. The van der Waals surface area contributed by atoms with Gasteiger partial charge in [0, 0.05) is 18.8 Å². The van der Waals surface area contributed by atoms with Crippen molar-refractivity contribution in [3.05, 3.63) is 48.7 Å². The van der Waals surface area contributed by atoms with Gasteiger partial charge < -0.3 is 15.1 Å². The van der Waals surface area contributed by atoms with Crippen LogP contribution in [0.3, 0.4) is 0 Å². The second kappa shape index (κ2) is 8.52. The van der Waals surface area contributed by atoms with Gasteiger partial charge in [0.25, 0.3) is 0 Å². The van der Waals surface area contributed by atoms with E-state index in [9.17, 15) is 9.59 Å². The molecular weight excluding hydrogens is 390 g/mol. The summed E-state index contributed by atoms with van der Waals surface area (Å²) < 4.78 is 7.37. The van der Waals surface area contributed by atoms with Crippen LogP contribution in [0.1, 0.15) is 12.8 Å². The van der Waals surface area contributed by atoms with E-state index in [1.165, 1.54) is 11.8 Å². The summed E-state index contributed by atoms with van der Waals surface area (Å²) in [6.45, 7) is 1.03. The van der Waals surface area contributed by atoms with Gasteiger partial charge in [0.1, 0.15) is 0 Å². The van der Waals surface area contributed by atoms with E-state index in [1.807, 2.05) is 41.0 Å². The van der Waals surface area contributed by atoms with Crippen LogP contribution in [-0.4, -0.2) is 50.3 Å². The van der Waals surface area contributed by atoms with Gasteiger partial charge in [0.05, 0.1) is 17.9 Å². The minimum atomic E-state index is -0.345. The fourth-order valence-electron chi connectivity index (χ4n) is 3.39. The molecule has 0 aliphatic carbocycles. The minimum Gasteiger partial charge on any atom is -0.461 e. The fraction of sp³-hybridized carbons (Fsp3) is 0.300. The molecule has 3 heterocycles. The molecule has 29 heavy (non-hydrogen) atoms. The molecule has 1 aromatic carbocycles. The molecule has 0 saturated carbocycles. The average Bonchev–Trinajstić information content (AvgIpc) is 3.42. The van der Waals surface area contributed by atoms with Crippen LogP contribution >= 0.6 is 11.8 Å². The number of rotatable bonds is 6. The highest BCUT2D eigenvalue weighted by Crippen LogP contribution is 2.28. The molecule has 2 N–H and O–H groups in total. The van der Waals surface area contributed by atoms with Gasteiger partial charge in [-0.15, -0.1) is 10.2 Å². The van der Waals surface area contributed by atoms with Crippen LogP contribution < -0.4 is 5.73 Å². The maximum atomic E-state index is 12.7. The summed E-state index contributed by atoms with van der Waals surface area (Å²) >= 11 is 1.31. The van der Waals surface area contributed by atoms with Crippen LogP contribution in [0, 0.1) is 5.92 Å². The standard InChI is InChI=1S/C20H21N5O3S/c21-18(27)14-6-4-10-24(12-14)17(26)13-29-20-23-22-19(16-9-5-11-28-16)25(20)15-7-2-1-3-8-15/h1-3,5,7-9,11,14H,4,6,10,12-13H2,(H2,21,27)/t14-/m1/s1. The van der Waals surface area contributed by atoms with E-state index in [0.717, 1.165) is 18.5 Å². The number of hydrogen-bond acceptors (Lipinski definition) is 6. The van der Waals surface area contributed by atoms with E-state index in [2.05, 4.69) is 10.2 Å². The molecule has 1 atom stereocenters. The van der Waals surface area contributed by atoms with Crippen LogP contribution in [0.15, 0.2) is 58.3 Å². The Bertz CT molecular complexity index is 987. The number of thioether (sulfide) groups is 1. The highest BCUT2D eigenvalue weighted by molar-refractivity contribution is 7.99. The lowest BCUT2D eigenvalue weighted by molar-refractivity contribution is -0.132. The van der Waals surface area contributed by atoms with Gasteiger partial charge in [-0.1, -0.05) is 30.0 Å². The van der Waals surface area contributed by atoms with E-state index in [-0.39, 0.29) is 23.5 Å². The first kappa shape index (κ1) is 19.3. The van der Waals surface area contributed by atoms with E-state index in [4.69, 9.17) is 10.2 Å². The lowest BCUT2D eigenvalue weighted by atomic mass is 9.97. The number of carbonyl (C=O) groups is 2. The Morgan fingerprint density at radius 1 is 1.17 bits per heavy atom. The van der Waals surface area contributed by atoms with E-state index < -0.39 is 0 Å². The Kier molecular flexibility index (Phi) is 5.66. The molecule has 150 valence electrons. The molecular formula is C20H21N5O3S. The summed E-state index contributed by atoms with van der Waals surface area (Å²) in [5.41, 5.74) is 6.30. The number of likely N-dealkylation sites (tertiary alicyclic amines) is 1. The van der Waals surface area contributed by atoms with Gasteiger partial charge in [-0.05, 0) is 37.1 Å². The van der Waals surface area contributed by atoms with Crippen LogP contribution in [0.4, 0.5) is 0 Å². The number of carbonyl (C=O) groups excluding carboxylic acids is 2. The number of amides is 2. The highest BCUT2D eigenvalue weighted by atomic mass is 32.2. The third kappa shape index (κ3) is 4.19. The molecule has 9 heteroatoms. The predicted molar refractivity (Wildman–Crippen MR) is 108 cm³/mol. The van der Waals surface area contributed by atoms with Crippen molar-refractivity contribution in [1.82, 2.24) is 19.7 Å². The van der Waals surface area contributed by atoms with Gasteiger partial charge in [0.2, 0.25) is 17.6 Å². The molecule has 1 saturated heterocycles. The monoisotopic (exact) mass is 411 g/mol. The quantitative estimate of drug-likeness (QED) is 0.624. The molecule has 2 amide bonds. The molecule has 1 aliphatic heterocycles. The van der Waals surface area contributed by atoms with E-state index >= 15 is 0 Å². The van der Waals surface area contributed by atoms with Crippen molar-refractivity contribution in [2.45, 2.75) is 18.0 Å². The number of nitrogens with zero attached hydrogens (tertiary/aromatic N) is 4. The lowest BCUT2D eigenvalue weighted by Crippen LogP contribution is -2.44. The number of hydrogen-bond donors (Lipinski definition) is 1. The van der Waals surface area contributed by atoms with Crippen molar-refractivity contribution >= 4 is 23.6 Å². The van der Waals surface area contributed by atoms with Crippen LogP contribution in [0.25, 0.3) is 17.3 Å². The Balaban J connectivity index is 1.53. The van der Waals surface area contributed by atoms with Crippen LogP contribution in [0.2, 0.25) is 0 Å². The normalized spacial score (nSPS) is 16.7. The Hall–Kier alpha value is -3.07. The zero-order valence-electron chi connectivity index (χ0n) is 15.7. The number of aromatic nitrogens is 3. The van der Waals surface area contributed by atoms with Gasteiger partial charge in [-0.25, -0.2) is 0 Å². The first-order valence-electron chi connectivity index (χ1n) is 9.38. The molecule has 1 fully saturated rings. The molecule has 0 unspecified atom stereocenters. The van der Waals surface area contributed by atoms with E-state index in [1.54, 1.807) is 17.2 Å². The van der Waals surface area contributed by atoms with Crippen molar-refractivity contribution < 1.29 is 14.0 Å². The van der Waals surface area contributed by atoms with Crippen LogP contribution in [0.5, 0.6) is 0 Å². The SMILES string of the molecule is NC(=O)[C@@H]1CCCN(C(=O)CSc2nnc(-c3ccco3)n2-c2ccccc2)C1. The number of benzene rings is 1. The van der Waals surface area contributed by atoms with E-state index in [0.29, 0.717) is 29.8 Å². The van der Waals surface area contributed by atoms with Gasteiger partial charge >= 0.3 is 0 Å². The maximum Gasteiger partial charge on any atom is 0.233 e. The van der Waals surface area contributed by atoms with Crippen molar-refractivity contribution in [2.75, 3.05) is 18.8 Å². The first-order chi connectivity index (χ1) is 14.1. The average molecular weight is 411 g/mol. The van der Waals surface area contributed by atoms with Gasteiger partial charge in [0.15, 0.2) is 10.9 Å². The summed E-state index contributed by atoms with van der Waals surface area (Å²) in [6.07, 6.45) is 3.11. The number of primary amides is 1. The fourth-order valence-corrected chi connectivity index (χ4v) is 4.25. The Labute approximate surface area is 172 Å². The van der Waals surface area contributed by atoms with Crippen molar-refractivity contribution in [3.8, 4) is 17.3 Å². The van der Waals surface area contributed by atoms with Crippen molar-refractivity contribution in [2.24, 2.45) is 11.7 Å². The second-order valence-corrected chi connectivity index (χ2v) is 7.77. The zero-order valence-corrected chi connectivity index (χ0v) is 16.5. The summed E-state index contributed by atoms with van der Waals surface area (Å²) in [5, 5.41) is 9.15. The largest absolute Gasteiger partial charge is 0.461 e. The third-order valence-electron chi connectivity index (χ3n) is 4.89. The summed E-state index contributed by atoms with van der Waals surface area (Å²) in [5.74, 6) is 0.721. The third-order valence-corrected chi connectivity index (χ3v) is 5.80. The number of furan rings is 1. The van der Waals surface area contributed by atoms with Crippen molar-refractivity contribution in [1.29, 1.82) is 0 Å². The molecule has 2 aromatic heterocycles. The summed E-state index contributed by atoms with van der Waals surface area (Å²) in [7, 11) is 0. The van der Waals surface area contributed by atoms with Gasteiger partial charge in [-0.3, -0.25) is 14.2 Å². The molecule has 3 aromatic rings. The second-order valence-electron chi connectivity index (χ2n) is 6.82. The number of piperidine rings is 1. The summed E-state index contributed by atoms with van der Waals surface area (Å²) in [4.78, 5) is 25.9. The minimum absolute atomic E-state index is 0.0388. The Morgan fingerprint density at radius 2 is 2.00 bits per heavy atom. The first-order valence-corrected chi connectivity index (χ1v) is 10.4. The molecule has 8 nitrogen and oxygen atoms in total. The zero-order chi connectivity index (χ0) is 20.2. The highest BCUT2D eigenvalue weighted by Gasteiger charge is 2.27. The molecule has 0 spiro atoms. The number of nitrogens with two attached hydrogens (primary N) is 1. The van der Waals surface area contributed by atoms with Crippen molar-refractivity contribution in [3.63, 3.8) is 0 Å². The molecule has 1 aliphatic rings. The lowest BCUT2D eigenvalue weighted by Gasteiger charge is -2.31. The van der Waals surface area contributed by atoms with Gasteiger partial charge in [-0.2, -0.15) is 0 Å². The maximum absolute atomic E-state index is 12.7. The Morgan fingerprint density at radius 3 is 2.72 bits per heavy atom. The number of para-hydroxylation sites is 1. The van der Waals surface area contributed by atoms with Crippen LogP contribution in [-0.2, 0) is 9.59 Å². The topological polar surface area (TPSA) is 107 Å². The molecule has 0 radical (unpaired) electrons. The summed E-state index contributed by atoms with van der Waals surface area (Å²) in [6, 6.07) is 13.3.